The Morgan fingerprint density at radius 2 is 0.861 bits per heavy atom. The normalized spacial score (nSPS) is 12.3. The third-order valence-corrected chi connectivity index (χ3v) is 6.81. The molecule has 5 aromatic rings. The summed E-state index contributed by atoms with van der Waals surface area (Å²) in [5.74, 6) is 0. The van der Waals surface area contributed by atoms with Crippen molar-refractivity contribution >= 4 is 21.8 Å². The number of aromatic nitrogens is 1. The highest BCUT2D eigenvalue weighted by atomic mass is 14.9. The Bertz CT molecular complexity index is 1280. The maximum atomic E-state index is 2.30. The average Bonchev–Trinajstić information content (AvgIpc) is 3.34. The number of hydrogen-bond donors (Lipinski definition) is 0. The summed E-state index contributed by atoms with van der Waals surface area (Å²) in [5, 5.41) is 2.68. The number of para-hydroxylation sites is 2. The van der Waals surface area contributed by atoms with Crippen LogP contribution in [0.15, 0.2) is 97.1 Å². The molecule has 1 aliphatic carbocycles. The van der Waals surface area contributed by atoms with Crippen LogP contribution in [0, 0.1) is 0 Å². The minimum atomic E-state index is 0.160. The van der Waals surface area contributed by atoms with E-state index in [0.717, 1.165) is 0 Å². The molecule has 1 heteroatoms. The Hall–Kier alpha value is -3.32. The maximum Gasteiger partial charge on any atom is 0.0488 e. The number of fused-ring (bicyclic) bond motifs is 6. The second-order valence-corrected chi connectivity index (χ2v) is 10.0. The van der Waals surface area contributed by atoms with Gasteiger partial charge < -0.3 is 4.57 Å². The lowest BCUT2D eigenvalue weighted by Gasteiger charge is -2.20. The van der Waals surface area contributed by atoms with Crippen molar-refractivity contribution in [2.75, 3.05) is 0 Å². The van der Waals surface area contributed by atoms with Gasteiger partial charge in [0.1, 0.15) is 0 Å². The minimum Gasteiger partial charge on any atom is -0.344 e. The Labute approximate surface area is 218 Å². The van der Waals surface area contributed by atoms with E-state index in [-0.39, 0.29) is 5.41 Å². The Morgan fingerprint density at radius 3 is 1.25 bits per heavy atom. The van der Waals surface area contributed by atoms with Crippen LogP contribution >= 0.6 is 0 Å². The molecule has 0 saturated heterocycles. The van der Waals surface area contributed by atoms with Gasteiger partial charge in [0.2, 0.25) is 0 Å². The molecule has 0 bridgehead atoms. The number of rotatable bonds is 1. The molecule has 0 amide bonds. The van der Waals surface area contributed by atoms with Crippen molar-refractivity contribution < 1.29 is 0 Å². The zero-order chi connectivity index (χ0) is 26.1. The van der Waals surface area contributed by atoms with Gasteiger partial charge >= 0.3 is 0 Å². The molecule has 0 aliphatic heterocycles. The largest absolute Gasteiger partial charge is 0.344 e. The number of hydrogen-bond acceptors (Lipinski definition) is 0. The van der Waals surface area contributed by atoms with Crippen LogP contribution in [0.2, 0.25) is 0 Å². The fraction of sp³-hybridized carbons (Fsp3) is 0.314. The number of unbranched alkanes of at least 4 members (excludes halogenated alkanes) is 1. The first-order valence-corrected chi connectivity index (χ1v) is 13.5. The van der Waals surface area contributed by atoms with Crippen LogP contribution in [0.5, 0.6) is 0 Å². The van der Waals surface area contributed by atoms with E-state index in [0.29, 0.717) is 0 Å². The van der Waals surface area contributed by atoms with Crippen LogP contribution in [0.4, 0.5) is 0 Å². The lowest BCUT2D eigenvalue weighted by molar-refractivity contribution is 0.660. The molecule has 0 spiro atoms. The summed E-state index contributed by atoms with van der Waals surface area (Å²) in [4.78, 5) is 0. The van der Waals surface area contributed by atoms with Gasteiger partial charge in [0.15, 0.2) is 0 Å². The Balaban J connectivity index is 0.000000161. The lowest BCUT2D eigenvalue weighted by atomic mass is 9.82. The zero-order valence-corrected chi connectivity index (χ0v) is 23.3. The van der Waals surface area contributed by atoms with E-state index in [1.807, 2.05) is 0 Å². The summed E-state index contributed by atoms with van der Waals surface area (Å²) < 4.78 is 2.24. The van der Waals surface area contributed by atoms with Gasteiger partial charge in [0, 0.05) is 34.3 Å². The van der Waals surface area contributed by atoms with E-state index in [2.05, 4.69) is 150 Å². The molecule has 1 aromatic heterocycles. The predicted molar refractivity (Wildman–Crippen MR) is 161 cm³/mol. The van der Waals surface area contributed by atoms with Gasteiger partial charge in [-0.1, -0.05) is 146 Å². The van der Waals surface area contributed by atoms with Crippen molar-refractivity contribution in [3.8, 4) is 11.1 Å². The highest BCUT2D eigenvalue weighted by Crippen LogP contribution is 2.47. The van der Waals surface area contributed by atoms with E-state index in [9.17, 15) is 0 Å². The van der Waals surface area contributed by atoms with Crippen molar-refractivity contribution in [2.24, 2.45) is 7.05 Å². The molecule has 0 N–H and O–H groups in total. The number of aryl methyl sites for hydroxylation is 1. The Kier molecular flexibility index (Phi) is 9.53. The molecule has 0 unspecified atom stereocenters. The third kappa shape index (κ3) is 5.57. The van der Waals surface area contributed by atoms with Crippen LogP contribution in [-0.2, 0) is 12.5 Å². The highest BCUT2D eigenvalue weighted by molar-refractivity contribution is 6.07. The van der Waals surface area contributed by atoms with Crippen LogP contribution in [0.25, 0.3) is 32.9 Å². The van der Waals surface area contributed by atoms with Gasteiger partial charge in [0.25, 0.3) is 0 Å². The highest BCUT2D eigenvalue weighted by Gasteiger charge is 2.34. The second-order valence-electron chi connectivity index (χ2n) is 10.0. The second kappa shape index (κ2) is 12.6. The smallest absolute Gasteiger partial charge is 0.0488 e. The molecule has 0 saturated carbocycles. The van der Waals surface area contributed by atoms with Gasteiger partial charge in [-0.15, -0.1) is 0 Å². The quantitative estimate of drug-likeness (QED) is 0.226. The topological polar surface area (TPSA) is 4.93 Å². The molecule has 1 heterocycles. The molecule has 0 atom stereocenters. The predicted octanol–water partition coefficient (Wildman–Crippen LogP) is 10.5. The van der Waals surface area contributed by atoms with Crippen molar-refractivity contribution in [2.45, 2.75) is 66.2 Å². The molecule has 36 heavy (non-hydrogen) atoms. The molecular weight excluding hydrogens is 434 g/mol. The van der Waals surface area contributed by atoms with Crippen molar-refractivity contribution in [3.63, 3.8) is 0 Å². The molecule has 1 nitrogen and oxygen atoms in total. The van der Waals surface area contributed by atoms with Crippen LogP contribution in [-0.4, -0.2) is 4.57 Å². The van der Waals surface area contributed by atoms with E-state index >= 15 is 0 Å². The Morgan fingerprint density at radius 1 is 0.528 bits per heavy atom. The van der Waals surface area contributed by atoms with Crippen molar-refractivity contribution in [3.05, 3.63) is 108 Å². The summed E-state index contributed by atoms with van der Waals surface area (Å²) in [6.07, 6.45) is 3.89. The summed E-state index contributed by atoms with van der Waals surface area (Å²) in [6, 6.07) is 34.5. The molecule has 0 radical (unpaired) electrons. The third-order valence-electron chi connectivity index (χ3n) is 6.81. The van der Waals surface area contributed by atoms with Crippen molar-refractivity contribution in [1.29, 1.82) is 0 Å². The first-order valence-electron chi connectivity index (χ1n) is 13.5. The summed E-state index contributed by atoms with van der Waals surface area (Å²) in [5.41, 5.74) is 8.46. The summed E-state index contributed by atoms with van der Waals surface area (Å²) in [7, 11) is 2.12. The van der Waals surface area contributed by atoms with Crippen LogP contribution in [0.1, 0.15) is 71.9 Å². The van der Waals surface area contributed by atoms with E-state index < -0.39 is 0 Å². The van der Waals surface area contributed by atoms with Gasteiger partial charge in [-0.3, -0.25) is 0 Å². The minimum absolute atomic E-state index is 0.160. The first-order chi connectivity index (χ1) is 17.4. The standard InChI is InChI=1S/C15H14.C13H11N.C4H10.C3H8/c1-15(2)13-9-5-3-7-11(13)12-8-4-6-10-14(12)15;1-14-12-8-4-2-6-10(12)11-7-3-5-9-13(11)14;1-3-4-2;1-3-2/h3-10H,1-2H3;2-9H,1H3;3-4H2,1-2H3;3H2,1-2H3. The van der Waals surface area contributed by atoms with Gasteiger partial charge in [-0.2, -0.15) is 0 Å². The summed E-state index contributed by atoms with van der Waals surface area (Å²) in [6.45, 7) is 13.2. The van der Waals surface area contributed by atoms with E-state index in [1.54, 1.807) is 0 Å². The van der Waals surface area contributed by atoms with Gasteiger partial charge in [-0.25, -0.2) is 0 Å². The first kappa shape index (κ1) is 27.3. The van der Waals surface area contributed by atoms with Crippen LogP contribution in [0.3, 0.4) is 0 Å². The molecule has 6 rings (SSSR count). The fourth-order valence-corrected chi connectivity index (χ4v) is 4.79. The van der Waals surface area contributed by atoms with Gasteiger partial charge in [0.05, 0.1) is 0 Å². The van der Waals surface area contributed by atoms with E-state index in [1.165, 1.54) is 63.3 Å². The molecule has 1 aliphatic rings. The van der Waals surface area contributed by atoms with E-state index in [4.69, 9.17) is 0 Å². The monoisotopic (exact) mass is 477 g/mol. The average molecular weight is 478 g/mol. The molecule has 4 aromatic carbocycles. The van der Waals surface area contributed by atoms with Gasteiger partial charge in [-0.05, 0) is 34.4 Å². The zero-order valence-electron chi connectivity index (χ0n) is 23.3. The fourth-order valence-electron chi connectivity index (χ4n) is 4.79. The lowest BCUT2D eigenvalue weighted by Crippen LogP contribution is -2.14. The van der Waals surface area contributed by atoms with Crippen LogP contribution < -0.4 is 0 Å². The maximum absolute atomic E-state index is 2.30. The van der Waals surface area contributed by atoms with Crippen molar-refractivity contribution in [1.82, 2.24) is 4.57 Å². The summed E-state index contributed by atoms with van der Waals surface area (Å²) >= 11 is 0. The molecule has 188 valence electrons. The molecular formula is C35H43N. The molecule has 0 fully saturated rings. The number of benzene rings is 4. The number of nitrogens with zero attached hydrogens (tertiary/aromatic N) is 1. The SMILES string of the molecule is CC1(C)c2ccccc2-c2ccccc21.CCC.CCCC.Cn1c2ccccc2c2ccccc21.